The van der Waals surface area contributed by atoms with Crippen molar-refractivity contribution in [1.29, 1.82) is 0 Å². The monoisotopic (exact) mass is 684 g/mol. The summed E-state index contributed by atoms with van der Waals surface area (Å²) in [5, 5.41) is 5.57. The number of amides is 2. The molecule has 0 unspecified atom stereocenters. The zero-order valence-electron chi connectivity index (χ0n) is 29.9. The largest absolute Gasteiger partial charge is 0.459 e. The second kappa shape index (κ2) is 19.6. The van der Waals surface area contributed by atoms with Crippen molar-refractivity contribution in [2.24, 2.45) is 17.6 Å². The molecule has 1 aliphatic heterocycles. The van der Waals surface area contributed by atoms with Gasteiger partial charge in [0.2, 0.25) is 11.6 Å². The number of esters is 1. The molecule has 0 spiro atoms. The first-order valence-electron chi connectivity index (χ1n) is 16.2. The van der Waals surface area contributed by atoms with E-state index in [0.29, 0.717) is 18.5 Å². The molecule has 6 atom stereocenters. The summed E-state index contributed by atoms with van der Waals surface area (Å²) in [6, 6.07) is 0. The number of hydrogen-bond donors (Lipinski definition) is 3. The van der Waals surface area contributed by atoms with Crippen molar-refractivity contribution in [3.8, 4) is 0 Å². The number of hydrogen-bond acceptors (Lipinski definition) is 11. The first kappa shape index (κ1) is 40.8. The smallest absolute Gasteiger partial charge is 0.405 e. The molecule has 2 rings (SSSR count). The standard InChI is InChI=1S/C36H52N4O9/c1-10-15-38-31-25-17-21(2)18-29(47-9)34(48-30(42)14-16-40(6)7)24(5)19-23(4)33(49-36(37)45)28(46-8)13-11-12-22(3)35(44)39-26(32(25)43)20-27(31)41/h10-13,19-21,24,28-29,33-34,38H,1,14-18H2,2-9H3,(H2,37,45)(H,39,44)/b13-11-,22-12+,23-19+/t21-,24-,28-,29-,33-,34-/m1/s1. The second-order valence-electron chi connectivity index (χ2n) is 12.6. The van der Waals surface area contributed by atoms with Gasteiger partial charge in [-0.1, -0.05) is 44.2 Å². The quantitative estimate of drug-likeness (QED) is 0.175. The molecule has 2 amide bonds. The summed E-state index contributed by atoms with van der Waals surface area (Å²) in [6.07, 6.45) is 5.52. The van der Waals surface area contributed by atoms with Crippen LogP contribution in [-0.4, -0.2) is 100 Å². The molecule has 2 aliphatic rings. The number of rotatable bonds is 10. The number of carbonyl (C=O) groups is 5. The highest BCUT2D eigenvalue weighted by molar-refractivity contribution is 6.23. The van der Waals surface area contributed by atoms with Crippen molar-refractivity contribution in [3.63, 3.8) is 0 Å². The van der Waals surface area contributed by atoms with E-state index >= 15 is 0 Å². The van der Waals surface area contributed by atoms with Crippen molar-refractivity contribution < 1.29 is 42.9 Å². The molecule has 0 fully saturated rings. The van der Waals surface area contributed by atoms with Gasteiger partial charge in [0.05, 0.1) is 23.9 Å². The number of ether oxygens (including phenoxy) is 4. The van der Waals surface area contributed by atoms with Gasteiger partial charge in [-0.05, 0) is 52.3 Å². The molecule has 0 aromatic rings. The Labute approximate surface area is 289 Å². The molecule has 13 nitrogen and oxygen atoms in total. The molecule has 4 N–H and O–H groups in total. The number of carbonyl (C=O) groups excluding carboxylic acids is 5. The van der Waals surface area contributed by atoms with Gasteiger partial charge in [-0.25, -0.2) is 4.79 Å². The van der Waals surface area contributed by atoms with Crippen LogP contribution in [0.1, 0.15) is 47.0 Å². The zero-order valence-corrected chi connectivity index (χ0v) is 29.9. The van der Waals surface area contributed by atoms with Crippen LogP contribution < -0.4 is 16.4 Å². The van der Waals surface area contributed by atoms with Crippen LogP contribution in [0.2, 0.25) is 0 Å². The molecule has 0 aromatic carbocycles. The number of fused-ring (bicyclic) bond motifs is 2. The van der Waals surface area contributed by atoms with Crippen LogP contribution in [0, 0.1) is 11.8 Å². The van der Waals surface area contributed by atoms with Gasteiger partial charge in [-0.3, -0.25) is 19.2 Å². The Morgan fingerprint density at radius 3 is 2.41 bits per heavy atom. The summed E-state index contributed by atoms with van der Waals surface area (Å²) in [6.45, 7) is 11.5. The normalized spacial score (nSPS) is 28.8. The van der Waals surface area contributed by atoms with E-state index in [9.17, 15) is 24.0 Å². The van der Waals surface area contributed by atoms with Gasteiger partial charge < -0.3 is 40.2 Å². The van der Waals surface area contributed by atoms with Crippen LogP contribution in [0.15, 0.2) is 71.1 Å². The van der Waals surface area contributed by atoms with E-state index in [1.165, 1.54) is 20.3 Å². The zero-order chi connectivity index (χ0) is 36.8. The van der Waals surface area contributed by atoms with Crippen molar-refractivity contribution in [3.05, 3.63) is 71.1 Å². The Hall–Kier alpha value is -4.33. The van der Waals surface area contributed by atoms with Crippen LogP contribution in [-0.2, 0) is 38.1 Å². The van der Waals surface area contributed by atoms with E-state index in [2.05, 4.69) is 17.2 Å². The summed E-state index contributed by atoms with van der Waals surface area (Å²) < 4.78 is 23.1. The fraction of sp³-hybridized carbons (Fsp3) is 0.528. The molecule has 0 saturated carbocycles. The Balaban J connectivity index is 2.73. The number of nitrogens with zero attached hydrogens (tertiary/aromatic N) is 1. The lowest BCUT2D eigenvalue weighted by Gasteiger charge is -2.33. The fourth-order valence-corrected chi connectivity index (χ4v) is 5.65. The first-order valence-corrected chi connectivity index (χ1v) is 16.2. The molecule has 13 heteroatoms. The van der Waals surface area contributed by atoms with Crippen LogP contribution in [0.25, 0.3) is 0 Å². The highest BCUT2D eigenvalue weighted by Gasteiger charge is 2.35. The topological polar surface area (TPSA) is 176 Å². The average Bonchev–Trinajstić information content (AvgIpc) is 3.03. The maximum Gasteiger partial charge on any atom is 0.405 e. The van der Waals surface area contributed by atoms with Crippen molar-refractivity contribution in [1.82, 2.24) is 15.5 Å². The maximum atomic E-state index is 13.8. The molecule has 49 heavy (non-hydrogen) atoms. The third kappa shape index (κ3) is 12.3. The minimum atomic E-state index is -1.02. The Morgan fingerprint density at radius 2 is 1.82 bits per heavy atom. The number of nitrogens with one attached hydrogen (secondary N) is 2. The molecule has 1 aliphatic carbocycles. The molecular formula is C36H52N4O9. The molecule has 270 valence electrons. The molecule has 1 heterocycles. The summed E-state index contributed by atoms with van der Waals surface area (Å²) in [5.41, 5.74) is 6.44. The first-order chi connectivity index (χ1) is 23.1. The average molecular weight is 685 g/mol. The van der Waals surface area contributed by atoms with E-state index in [1.54, 1.807) is 32.1 Å². The van der Waals surface area contributed by atoms with Gasteiger partial charge in [0.15, 0.2) is 6.10 Å². The van der Waals surface area contributed by atoms with E-state index in [4.69, 9.17) is 24.7 Å². The third-order valence-electron chi connectivity index (χ3n) is 8.21. The lowest BCUT2D eigenvalue weighted by Crippen LogP contribution is -2.40. The van der Waals surface area contributed by atoms with Crippen molar-refractivity contribution >= 4 is 29.5 Å². The van der Waals surface area contributed by atoms with Crippen molar-refractivity contribution in [2.75, 3.05) is 41.4 Å². The number of Topliss-reactive ketones (excluding diaryl/α,β-unsaturated/α-hetero) is 1. The predicted octanol–water partition coefficient (Wildman–Crippen LogP) is 3.04. The maximum absolute atomic E-state index is 13.8. The number of nitrogens with two attached hydrogens (primary N) is 1. The Morgan fingerprint density at radius 1 is 1.12 bits per heavy atom. The molecule has 0 radical (unpaired) electrons. The van der Waals surface area contributed by atoms with E-state index in [1.807, 2.05) is 38.9 Å². The van der Waals surface area contributed by atoms with E-state index in [-0.39, 0.29) is 47.8 Å². The third-order valence-corrected chi connectivity index (χ3v) is 8.21. The van der Waals surface area contributed by atoms with Gasteiger partial charge in [0, 0.05) is 50.4 Å². The lowest BCUT2D eigenvalue weighted by atomic mass is 9.85. The number of allylic oxidation sites excluding steroid dienone is 4. The lowest BCUT2D eigenvalue weighted by molar-refractivity contribution is -0.160. The van der Waals surface area contributed by atoms with Crippen LogP contribution >= 0.6 is 0 Å². The van der Waals surface area contributed by atoms with Gasteiger partial charge in [-0.15, -0.1) is 6.58 Å². The highest BCUT2D eigenvalue weighted by atomic mass is 16.6. The summed E-state index contributed by atoms with van der Waals surface area (Å²) >= 11 is 0. The number of ketones is 2. The van der Waals surface area contributed by atoms with Crippen LogP contribution in [0.5, 0.6) is 0 Å². The predicted molar refractivity (Wildman–Crippen MR) is 185 cm³/mol. The van der Waals surface area contributed by atoms with Gasteiger partial charge >= 0.3 is 12.1 Å². The minimum absolute atomic E-state index is 0.134. The molecular weight excluding hydrogens is 632 g/mol. The minimum Gasteiger partial charge on any atom is -0.459 e. The van der Waals surface area contributed by atoms with Gasteiger partial charge in [-0.2, -0.15) is 0 Å². The van der Waals surface area contributed by atoms with Crippen LogP contribution in [0.3, 0.4) is 0 Å². The SMILES string of the molecule is C=CCNC1=C2C[C@@H](C)C[C@@H](OC)[C@H](OC(=O)CCN(C)C)[C@H](C)/C=C(\C)[C@@H](OC(N)=O)[C@H](OC)/C=C\C=C(/C)C(=O)NC(=CC1=O)C2=O. The molecule has 0 saturated heterocycles. The summed E-state index contributed by atoms with van der Waals surface area (Å²) in [5.74, 6) is -2.68. The van der Waals surface area contributed by atoms with Gasteiger partial charge in [0.1, 0.15) is 12.2 Å². The second-order valence-corrected chi connectivity index (χ2v) is 12.6. The van der Waals surface area contributed by atoms with Gasteiger partial charge in [0.25, 0.3) is 5.91 Å². The summed E-state index contributed by atoms with van der Waals surface area (Å²) in [4.78, 5) is 67.1. The molecule has 2 bridgehead atoms. The van der Waals surface area contributed by atoms with Crippen LogP contribution in [0.4, 0.5) is 4.79 Å². The molecule has 0 aromatic heterocycles. The summed E-state index contributed by atoms with van der Waals surface area (Å²) in [7, 11) is 6.65. The Kier molecular flexibility index (Phi) is 16.3. The number of primary amides is 1. The fourth-order valence-electron chi connectivity index (χ4n) is 5.65. The number of methoxy groups -OCH3 is 2. The van der Waals surface area contributed by atoms with Crippen molar-refractivity contribution in [2.45, 2.75) is 71.4 Å². The van der Waals surface area contributed by atoms with E-state index < -0.39 is 59.9 Å². The Bertz CT molecular complexity index is 1410. The highest BCUT2D eigenvalue weighted by Crippen LogP contribution is 2.30. The van der Waals surface area contributed by atoms with E-state index in [0.717, 1.165) is 6.08 Å².